The fourth-order valence-electron chi connectivity index (χ4n) is 2.08. The Morgan fingerprint density at radius 1 is 1.16 bits per heavy atom. The van der Waals surface area contributed by atoms with Crippen LogP contribution < -0.4 is 5.32 Å². The molecule has 1 atom stereocenters. The van der Waals surface area contributed by atoms with Crippen LogP contribution >= 0.6 is 0 Å². The van der Waals surface area contributed by atoms with Crippen LogP contribution in [0.1, 0.15) is 35.6 Å². The molecule has 1 heterocycles. The van der Waals surface area contributed by atoms with Gasteiger partial charge in [-0.3, -0.25) is 0 Å². The minimum atomic E-state index is 0.198. The van der Waals surface area contributed by atoms with E-state index in [9.17, 15) is 0 Å². The maximum Gasteiger partial charge on any atom is 0.120 e. The van der Waals surface area contributed by atoms with Crippen LogP contribution in [0.25, 0.3) is 0 Å². The second-order valence-electron chi connectivity index (χ2n) is 4.75. The van der Waals surface area contributed by atoms with Crippen LogP contribution in [0.5, 0.6) is 0 Å². The van der Waals surface area contributed by atoms with Gasteiger partial charge in [-0.25, -0.2) is 0 Å². The van der Waals surface area contributed by atoms with Crippen molar-refractivity contribution in [1.82, 2.24) is 5.32 Å². The van der Waals surface area contributed by atoms with E-state index < -0.39 is 0 Å². The van der Waals surface area contributed by atoms with Crippen LogP contribution in [0.2, 0.25) is 0 Å². The Hall–Kier alpha value is -1.58. The minimum absolute atomic E-state index is 0.198. The molecule has 2 aromatic rings. The van der Waals surface area contributed by atoms with E-state index in [1.165, 1.54) is 11.1 Å². The number of rotatable bonds is 6. The van der Waals surface area contributed by atoms with Crippen LogP contribution in [0, 0.1) is 6.92 Å². The third-order valence-corrected chi connectivity index (χ3v) is 3.20. The molecule has 0 aliphatic heterocycles. The lowest BCUT2D eigenvalue weighted by atomic mass is 10.1. The van der Waals surface area contributed by atoms with E-state index in [1.807, 2.05) is 25.1 Å². The predicted molar refractivity (Wildman–Crippen MR) is 75.9 cm³/mol. The van der Waals surface area contributed by atoms with Gasteiger partial charge in [0.1, 0.15) is 11.5 Å². The summed E-state index contributed by atoms with van der Waals surface area (Å²) in [6.07, 6.45) is 0. The van der Waals surface area contributed by atoms with Crippen molar-refractivity contribution in [2.75, 3.05) is 7.11 Å². The summed E-state index contributed by atoms with van der Waals surface area (Å²) in [6.45, 7) is 5.52. The Balaban J connectivity index is 1.98. The molecule has 19 heavy (non-hydrogen) atoms. The molecule has 102 valence electrons. The van der Waals surface area contributed by atoms with Gasteiger partial charge in [-0.15, -0.1) is 0 Å². The molecule has 0 amide bonds. The van der Waals surface area contributed by atoms with E-state index in [0.29, 0.717) is 6.61 Å². The van der Waals surface area contributed by atoms with Gasteiger partial charge in [0.25, 0.3) is 0 Å². The molecule has 0 radical (unpaired) electrons. The lowest BCUT2D eigenvalue weighted by Crippen LogP contribution is -2.18. The van der Waals surface area contributed by atoms with Crippen molar-refractivity contribution in [2.45, 2.75) is 33.0 Å². The molecule has 2 rings (SSSR count). The Bertz CT molecular complexity index is 519. The highest BCUT2D eigenvalue weighted by Gasteiger charge is 2.09. The van der Waals surface area contributed by atoms with Crippen molar-refractivity contribution < 1.29 is 9.15 Å². The fourth-order valence-corrected chi connectivity index (χ4v) is 2.08. The van der Waals surface area contributed by atoms with Gasteiger partial charge in [-0.2, -0.15) is 0 Å². The summed E-state index contributed by atoms with van der Waals surface area (Å²) in [7, 11) is 1.72. The highest BCUT2D eigenvalue weighted by Crippen LogP contribution is 2.17. The molecule has 0 spiro atoms. The van der Waals surface area contributed by atoms with Crippen LogP contribution in [0.15, 0.2) is 40.8 Å². The molecule has 0 aliphatic rings. The van der Waals surface area contributed by atoms with Gasteiger partial charge in [0.05, 0.1) is 12.6 Å². The maximum absolute atomic E-state index is 5.62. The van der Waals surface area contributed by atoms with Crippen molar-refractivity contribution in [1.29, 1.82) is 0 Å². The van der Waals surface area contributed by atoms with Gasteiger partial charge < -0.3 is 14.5 Å². The molecule has 0 bridgehead atoms. The Labute approximate surface area is 114 Å². The molecule has 0 saturated heterocycles. The van der Waals surface area contributed by atoms with Gasteiger partial charge in [0.2, 0.25) is 0 Å². The average Bonchev–Trinajstić information content (AvgIpc) is 2.84. The zero-order chi connectivity index (χ0) is 13.7. The predicted octanol–water partition coefficient (Wildman–Crippen LogP) is 3.59. The normalized spacial score (nSPS) is 12.6. The van der Waals surface area contributed by atoms with Crippen molar-refractivity contribution >= 4 is 0 Å². The summed E-state index contributed by atoms with van der Waals surface area (Å²) in [5.41, 5.74) is 2.49. The van der Waals surface area contributed by atoms with Gasteiger partial charge in [0.15, 0.2) is 0 Å². The quantitative estimate of drug-likeness (QED) is 0.861. The van der Waals surface area contributed by atoms with Crippen LogP contribution in [0.3, 0.4) is 0 Å². The molecule has 0 saturated carbocycles. The first-order valence-electron chi connectivity index (χ1n) is 6.56. The minimum Gasteiger partial charge on any atom is -0.465 e. The van der Waals surface area contributed by atoms with E-state index in [-0.39, 0.29) is 6.04 Å². The van der Waals surface area contributed by atoms with E-state index in [2.05, 4.69) is 30.4 Å². The van der Waals surface area contributed by atoms with Crippen molar-refractivity contribution in [3.8, 4) is 0 Å². The SMILES string of the molecule is COCc1ccccc1CNC(C)c1ccc(C)o1. The molecule has 3 nitrogen and oxygen atoms in total. The summed E-state index contributed by atoms with van der Waals surface area (Å²) in [4.78, 5) is 0. The highest BCUT2D eigenvalue weighted by molar-refractivity contribution is 5.26. The smallest absolute Gasteiger partial charge is 0.120 e. The molecule has 1 N–H and O–H groups in total. The zero-order valence-corrected chi connectivity index (χ0v) is 11.8. The van der Waals surface area contributed by atoms with Gasteiger partial charge >= 0.3 is 0 Å². The standard InChI is InChI=1S/C16H21NO2/c1-12-8-9-16(19-12)13(2)17-10-14-6-4-5-7-15(14)11-18-3/h4-9,13,17H,10-11H2,1-3H3. The summed E-state index contributed by atoms with van der Waals surface area (Å²) in [5.74, 6) is 1.92. The largest absolute Gasteiger partial charge is 0.465 e. The number of ether oxygens (including phenoxy) is 1. The zero-order valence-electron chi connectivity index (χ0n) is 11.8. The number of nitrogens with one attached hydrogen (secondary N) is 1. The Morgan fingerprint density at radius 2 is 1.89 bits per heavy atom. The summed E-state index contributed by atoms with van der Waals surface area (Å²) >= 11 is 0. The first kappa shape index (κ1) is 13.8. The Morgan fingerprint density at radius 3 is 2.53 bits per heavy atom. The molecule has 0 aliphatic carbocycles. The first-order chi connectivity index (χ1) is 9.20. The monoisotopic (exact) mass is 259 g/mol. The topological polar surface area (TPSA) is 34.4 Å². The lowest BCUT2D eigenvalue weighted by Gasteiger charge is -2.14. The van der Waals surface area contributed by atoms with E-state index in [0.717, 1.165) is 18.1 Å². The molecule has 0 fully saturated rings. The molecule has 3 heteroatoms. The fraction of sp³-hybridized carbons (Fsp3) is 0.375. The lowest BCUT2D eigenvalue weighted by molar-refractivity contribution is 0.184. The molecule has 1 unspecified atom stereocenters. The number of methoxy groups -OCH3 is 1. The summed E-state index contributed by atoms with van der Waals surface area (Å²) < 4.78 is 10.8. The maximum atomic E-state index is 5.62. The molecule has 1 aromatic carbocycles. The highest BCUT2D eigenvalue weighted by atomic mass is 16.5. The van der Waals surface area contributed by atoms with E-state index in [4.69, 9.17) is 9.15 Å². The van der Waals surface area contributed by atoms with Crippen molar-refractivity contribution in [3.05, 3.63) is 59.0 Å². The van der Waals surface area contributed by atoms with Crippen molar-refractivity contribution in [3.63, 3.8) is 0 Å². The number of benzene rings is 1. The third kappa shape index (κ3) is 3.69. The molecular weight excluding hydrogens is 238 g/mol. The number of aryl methyl sites for hydroxylation is 1. The summed E-state index contributed by atoms with van der Waals surface area (Å²) in [5, 5.41) is 3.48. The number of hydrogen-bond acceptors (Lipinski definition) is 3. The third-order valence-electron chi connectivity index (χ3n) is 3.20. The Kier molecular flexibility index (Phi) is 4.77. The number of hydrogen-bond donors (Lipinski definition) is 1. The number of furan rings is 1. The molecular formula is C16H21NO2. The van der Waals surface area contributed by atoms with Crippen LogP contribution in [-0.4, -0.2) is 7.11 Å². The van der Waals surface area contributed by atoms with E-state index >= 15 is 0 Å². The van der Waals surface area contributed by atoms with Gasteiger partial charge in [0, 0.05) is 13.7 Å². The average molecular weight is 259 g/mol. The molecule has 1 aromatic heterocycles. The summed E-state index contributed by atoms with van der Waals surface area (Å²) in [6, 6.07) is 12.5. The van der Waals surface area contributed by atoms with Gasteiger partial charge in [-0.05, 0) is 37.1 Å². The van der Waals surface area contributed by atoms with Crippen LogP contribution in [0.4, 0.5) is 0 Å². The first-order valence-corrected chi connectivity index (χ1v) is 6.56. The second kappa shape index (κ2) is 6.55. The second-order valence-corrected chi connectivity index (χ2v) is 4.75. The van der Waals surface area contributed by atoms with Crippen LogP contribution in [-0.2, 0) is 17.9 Å². The van der Waals surface area contributed by atoms with Gasteiger partial charge in [-0.1, -0.05) is 24.3 Å². The van der Waals surface area contributed by atoms with E-state index in [1.54, 1.807) is 7.11 Å². The van der Waals surface area contributed by atoms with Crippen molar-refractivity contribution in [2.24, 2.45) is 0 Å².